The Balaban J connectivity index is 1.38. The molecule has 0 fully saturated rings. The van der Waals surface area contributed by atoms with Crippen LogP contribution in [0.15, 0.2) is 162 Å². The van der Waals surface area contributed by atoms with Crippen molar-refractivity contribution in [2.45, 2.75) is 13.0 Å². The number of hydrogen-bond donors (Lipinski definition) is 3. The van der Waals surface area contributed by atoms with Crippen molar-refractivity contribution in [3.8, 4) is 11.1 Å². The van der Waals surface area contributed by atoms with E-state index in [0.29, 0.717) is 12.5 Å². The standard InChI is InChI=1S/C38H35N5/c1-28-15-11-12-22-33(28)34-23-13-14-24-35(34)40-27-43(32-20-9-4-10-21-32)38(42-39)37-26-31(29-16-5-2-6-17-29)25-36(41-37)30-18-7-3-8-19-30/h2-26,36,40-41H,27,39H2,1H3/b42-38-. The maximum Gasteiger partial charge on any atom is 0.177 e. The van der Waals surface area contributed by atoms with Gasteiger partial charge in [-0.3, -0.25) is 0 Å². The van der Waals surface area contributed by atoms with Crippen molar-refractivity contribution >= 4 is 22.8 Å². The third-order valence-electron chi connectivity index (χ3n) is 7.70. The molecule has 0 saturated heterocycles. The Hall–Kier alpha value is -5.55. The molecular weight excluding hydrogens is 526 g/mol. The molecule has 5 aromatic rings. The quantitative estimate of drug-likeness (QED) is 0.0588. The van der Waals surface area contributed by atoms with Gasteiger partial charge in [-0.2, -0.15) is 5.10 Å². The maximum atomic E-state index is 6.24. The Morgan fingerprint density at radius 3 is 2.05 bits per heavy atom. The number of benzene rings is 5. The number of amidine groups is 1. The van der Waals surface area contributed by atoms with Crippen molar-refractivity contribution in [3.05, 3.63) is 174 Å². The number of aryl methyl sites for hydroxylation is 1. The fourth-order valence-corrected chi connectivity index (χ4v) is 5.51. The summed E-state index contributed by atoms with van der Waals surface area (Å²) in [6.45, 7) is 2.59. The van der Waals surface area contributed by atoms with Gasteiger partial charge in [0.2, 0.25) is 0 Å². The van der Waals surface area contributed by atoms with Crippen LogP contribution in [0.4, 0.5) is 11.4 Å². The largest absolute Gasteiger partial charge is 0.372 e. The van der Waals surface area contributed by atoms with E-state index in [1.807, 2.05) is 30.3 Å². The number of dihydropyridines is 1. The molecule has 0 radical (unpaired) electrons. The molecule has 0 aromatic heterocycles. The Kier molecular flexibility index (Phi) is 8.32. The molecule has 6 rings (SSSR count). The van der Waals surface area contributed by atoms with Crippen LogP contribution in [0, 0.1) is 6.92 Å². The molecule has 0 saturated carbocycles. The third kappa shape index (κ3) is 6.21. The Labute approximate surface area is 253 Å². The number of anilines is 2. The van der Waals surface area contributed by atoms with Crippen LogP contribution < -0.4 is 21.4 Å². The summed E-state index contributed by atoms with van der Waals surface area (Å²) < 4.78 is 0. The van der Waals surface area contributed by atoms with Crippen molar-refractivity contribution in [1.82, 2.24) is 5.32 Å². The second kappa shape index (κ2) is 13.0. The molecule has 5 aromatic carbocycles. The summed E-state index contributed by atoms with van der Waals surface area (Å²) in [6, 6.07) is 47.9. The number of nitrogens with two attached hydrogens (primary N) is 1. The highest BCUT2D eigenvalue weighted by Gasteiger charge is 2.25. The highest BCUT2D eigenvalue weighted by atomic mass is 15.3. The molecule has 1 atom stereocenters. The van der Waals surface area contributed by atoms with E-state index in [4.69, 9.17) is 5.84 Å². The molecule has 1 aliphatic rings. The summed E-state index contributed by atoms with van der Waals surface area (Å²) in [4.78, 5) is 2.11. The van der Waals surface area contributed by atoms with Crippen molar-refractivity contribution in [1.29, 1.82) is 0 Å². The van der Waals surface area contributed by atoms with Crippen LogP contribution in [-0.4, -0.2) is 12.5 Å². The average molecular weight is 562 g/mol. The molecule has 0 aliphatic carbocycles. The van der Waals surface area contributed by atoms with Crippen LogP contribution >= 0.6 is 0 Å². The Morgan fingerprint density at radius 2 is 1.35 bits per heavy atom. The molecule has 0 amide bonds. The highest BCUT2D eigenvalue weighted by Crippen LogP contribution is 2.32. The van der Waals surface area contributed by atoms with E-state index in [1.165, 1.54) is 11.1 Å². The average Bonchev–Trinajstić information content (AvgIpc) is 3.08. The van der Waals surface area contributed by atoms with E-state index >= 15 is 0 Å². The molecule has 0 spiro atoms. The van der Waals surface area contributed by atoms with Gasteiger partial charge in [0.25, 0.3) is 0 Å². The van der Waals surface area contributed by atoms with E-state index in [2.05, 4.69) is 149 Å². The number of nitrogens with zero attached hydrogens (tertiary/aromatic N) is 2. The lowest BCUT2D eigenvalue weighted by atomic mass is 9.95. The van der Waals surface area contributed by atoms with Crippen LogP contribution in [0.1, 0.15) is 22.7 Å². The van der Waals surface area contributed by atoms with Crippen molar-refractivity contribution in [2.75, 3.05) is 16.9 Å². The summed E-state index contributed by atoms with van der Waals surface area (Å²) in [5, 5.41) is 11.8. The van der Waals surface area contributed by atoms with Gasteiger partial charge in [0.15, 0.2) is 5.84 Å². The van der Waals surface area contributed by atoms with Gasteiger partial charge < -0.3 is 21.4 Å². The number of rotatable bonds is 8. The minimum absolute atomic E-state index is 0.0551. The minimum Gasteiger partial charge on any atom is -0.372 e. The van der Waals surface area contributed by atoms with Crippen molar-refractivity contribution < 1.29 is 0 Å². The normalized spacial score (nSPS) is 14.7. The Bertz CT molecular complexity index is 1760. The topological polar surface area (TPSA) is 65.7 Å². The van der Waals surface area contributed by atoms with Crippen LogP contribution in [0.5, 0.6) is 0 Å². The summed E-state index contributed by atoms with van der Waals surface area (Å²) in [5.74, 6) is 6.87. The molecule has 212 valence electrons. The lowest BCUT2D eigenvalue weighted by molar-refractivity contribution is 0.725. The zero-order valence-electron chi connectivity index (χ0n) is 24.2. The van der Waals surface area contributed by atoms with Crippen molar-refractivity contribution in [2.24, 2.45) is 10.9 Å². The van der Waals surface area contributed by atoms with Crippen LogP contribution in [0.2, 0.25) is 0 Å². The van der Waals surface area contributed by atoms with Crippen LogP contribution in [-0.2, 0) is 0 Å². The second-order valence-electron chi connectivity index (χ2n) is 10.5. The molecule has 5 nitrogen and oxygen atoms in total. The number of hydrogen-bond acceptors (Lipinski definition) is 4. The second-order valence-corrected chi connectivity index (χ2v) is 10.5. The predicted molar refractivity (Wildman–Crippen MR) is 180 cm³/mol. The lowest BCUT2D eigenvalue weighted by Gasteiger charge is -2.32. The Morgan fingerprint density at radius 1 is 0.744 bits per heavy atom. The van der Waals surface area contributed by atoms with Gasteiger partial charge in [0.05, 0.1) is 18.4 Å². The van der Waals surface area contributed by atoms with Crippen LogP contribution in [0.25, 0.3) is 16.7 Å². The summed E-state index contributed by atoms with van der Waals surface area (Å²) in [7, 11) is 0. The monoisotopic (exact) mass is 561 g/mol. The van der Waals surface area contributed by atoms with Gasteiger partial charge in [0, 0.05) is 16.9 Å². The van der Waals surface area contributed by atoms with E-state index in [0.717, 1.165) is 39.3 Å². The first-order valence-corrected chi connectivity index (χ1v) is 14.5. The first-order chi connectivity index (χ1) is 21.2. The van der Waals surface area contributed by atoms with E-state index < -0.39 is 0 Å². The smallest absolute Gasteiger partial charge is 0.177 e. The molecule has 1 aliphatic heterocycles. The SMILES string of the molecule is Cc1ccccc1-c1ccccc1NCN(/C(=N\N)C1=CC(c2ccccc2)=CC(c2ccccc2)N1)c1ccccc1. The molecule has 1 unspecified atom stereocenters. The molecule has 43 heavy (non-hydrogen) atoms. The van der Waals surface area contributed by atoms with Gasteiger partial charge in [-0.25, -0.2) is 0 Å². The first kappa shape index (κ1) is 27.6. The van der Waals surface area contributed by atoms with Gasteiger partial charge in [-0.05, 0) is 65.1 Å². The fraction of sp³-hybridized carbons (Fsp3) is 0.0789. The van der Waals surface area contributed by atoms with Gasteiger partial charge >= 0.3 is 0 Å². The number of para-hydroxylation sites is 2. The molecule has 4 N–H and O–H groups in total. The van der Waals surface area contributed by atoms with Gasteiger partial charge in [0.1, 0.15) is 0 Å². The molecular formula is C38H35N5. The molecule has 5 heteroatoms. The highest BCUT2D eigenvalue weighted by molar-refractivity contribution is 6.11. The maximum absolute atomic E-state index is 6.24. The van der Waals surface area contributed by atoms with Gasteiger partial charge in [-0.1, -0.05) is 121 Å². The van der Waals surface area contributed by atoms with E-state index in [9.17, 15) is 0 Å². The van der Waals surface area contributed by atoms with Gasteiger partial charge in [-0.15, -0.1) is 0 Å². The number of hydrazone groups is 1. The summed E-state index contributed by atoms with van der Waals surface area (Å²) in [6.07, 6.45) is 4.39. The summed E-state index contributed by atoms with van der Waals surface area (Å²) >= 11 is 0. The number of nitrogens with one attached hydrogen (secondary N) is 2. The summed E-state index contributed by atoms with van der Waals surface area (Å²) in [5.41, 5.74) is 9.83. The van der Waals surface area contributed by atoms with Crippen molar-refractivity contribution in [3.63, 3.8) is 0 Å². The van der Waals surface area contributed by atoms with Crippen LogP contribution in [0.3, 0.4) is 0 Å². The molecule has 1 heterocycles. The van der Waals surface area contributed by atoms with E-state index in [-0.39, 0.29) is 6.04 Å². The zero-order chi connectivity index (χ0) is 29.4. The molecule has 0 bridgehead atoms. The fourth-order valence-electron chi connectivity index (χ4n) is 5.51. The number of allylic oxidation sites excluding steroid dienone is 2. The van der Waals surface area contributed by atoms with E-state index in [1.54, 1.807) is 0 Å². The third-order valence-corrected chi connectivity index (χ3v) is 7.70. The predicted octanol–water partition coefficient (Wildman–Crippen LogP) is 8.12. The zero-order valence-corrected chi connectivity index (χ0v) is 24.2. The lowest BCUT2D eigenvalue weighted by Crippen LogP contribution is -2.42. The minimum atomic E-state index is -0.0551. The first-order valence-electron chi connectivity index (χ1n) is 14.5.